The molecule has 0 atom stereocenters. The zero-order valence-electron chi connectivity index (χ0n) is 15.3. The van der Waals surface area contributed by atoms with E-state index in [2.05, 4.69) is 16.0 Å². The molecule has 26 heavy (non-hydrogen) atoms. The first-order valence-corrected chi connectivity index (χ1v) is 11.1. The highest BCUT2D eigenvalue weighted by atomic mass is 35.5. The third-order valence-electron chi connectivity index (χ3n) is 5.83. The third kappa shape index (κ3) is 3.77. The minimum Gasteiger partial charge on any atom is -0.376 e. The number of likely N-dealkylation sites (tertiary alicyclic amines) is 1. The van der Waals surface area contributed by atoms with Crippen molar-refractivity contribution >= 4 is 29.3 Å². The normalized spacial score (nSPS) is 24.7. The van der Waals surface area contributed by atoms with Crippen LogP contribution in [-0.2, 0) is 11.3 Å². The summed E-state index contributed by atoms with van der Waals surface area (Å²) in [6.07, 6.45) is 11.9. The second-order valence-corrected chi connectivity index (χ2v) is 9.56. The average molecular weight is 391 g/mol. The van der Waals surface area contributed by atoms with Crippen LogP contribution in [0.3, 0.4) is 0 Å². The van der Waals surface area contributed by atoms with E-state index in [9.17, 15) is 4.79 Å². The zero-order chi connectivity index (χ0) is 18.0. The van der Waals surface area contributed by atoms with Crippen LogP contribution in [0.5, 0.6) is 0 Å². The van der Waals surface area contributed by atoms with Crippen molar-refractivity contribution in [2.75, 3.05) is 13.1 Å². The molecule has 3 aliphatic rings. The van der Waals surface area contributed by atoms with Gasteiger partial charge < -0.3 is 9.80 Å². The SMILES string of the molecule is O=C1/C(=C/N2CCCCC2)SC2(CCCCC2)N1Cc1ccc(Cl)cc1. The fourth-order valence-electron chi connectivity index (χ4n) is 4.38. The summed E-state index contributed by atoms with van der Waals surface area (Å²) in [6, 6.07) is 7.93. The Bertz CT molecular complexity index is 676. The molecular weight excluding hydrogens is 364 g/mol. The molecule has 1 aromatic carbocycles. The van der Waals surface area contributed by atoms with Crippen LogP contribution >= 0.6 is 23.4 Å². The summed E-state index contributed by atoms with van der Waals surface area (Å²) in [6.45, 7) is 2.85. The number of carbonyl (C=O) groups is 1. The zero-order valence-corrected chi connectivity index (χ0v) is 16.8. The van der Waals surface area contributed by atoms with Gasteiger partial charge in [-0.2, -0.15) is 0 Å². The summed E-state index contributed by atoms with van der Waals surface area (Å²) in [5.74, 6) is 0.220. The number of benzene rings is 1. The van der Waals surface area contributed by atoms with Crippen LogP contribution in [0.25, 0.3) is 0 Å². The lowest BCUT2D eigenvalue weighted by molar-refractivity contribution is -0.130. The van der Waals surface area contributed by atoms with E-state index >= 15 is 0 Å². The van der Waals surface area contributed by atoms with E-state index in [1.807, 2.05) is 36.0 Å². The first-order valence-electron chi connectivity index (χ1n) is 9.88. The summed E-state index contributed by atoms with van der Waals surface area (Å²) in [5, 5.41) is 0.744. The molecule has 1 saturated carbocycles. The highest BCUT2D eigenvalue weighted by Gasteiger charge is 2.49. The number of amides is 1. The van der Waals surface area contributed by atoms with Crippen molar-refractivity contribution in [3.63, 3.8) is 0 Å². The van der Waals surface area contributed by atoms with E-state index in [-0.39, 0.29) is 10.8 Å². The van der Waals surface area contributed by atoms with E-state index in [0.717, 1.165) is 41.4 Å². The molecular formula is C21H27ClN2OS. The molecule has 1 aliphatic carbocycles. The molecule has 3 nitrogen and oxygen atoms in total. The van der Waals surface area contributed by atoms with Crippen molar-refractivity contribution in [2.45, 2.75) is 62.8 Å². The van der Waals surface area contributed by atoms with E-state index in [0.29, 0.717) is 6.54 Å². The molecule has 1 aromatic rings. The van der Waals surface area contributed by atoms with Crippen LogP contribution < -0.4 is 0 Å². The van der Waals surface area contributed by atoms with E-state index < -0.39 is 0 Å². The van der Waals surface area contributed by atoms with Crippen molar-refractivity contribution in [1.29, 1.82) is 0 Å². The summed E-state index contributed by atoms with van der Waals surface area (Å²) in [4.78, 5) is 18.7. The largest absolute Gasteiger partial charge is 0.376 e. The molecule has 1 spiro atoms. The number of thioether (sulfide) groups is 1. The Morgan fingerprint density at radius 3 is 2.35 bits per heavy atom. The minimum absolute atomic E-state index is 0.0451. The average Bonchev–Trinajstić information content (AvgIpc) is 2.90. The summed E-state index contributed by atoms with van der Waals surface area (Å²) >= 11 is 7.87. The number of hydrogen-bond acceptors (Lipinski definition) is 3. The monoisotopic (exact) mass is 390 g/mol. The first kappa shape index (κ1) is 18.2. The van der Waals surface area contributed by atoms with Crippen LogP contribution in [-0.4, -0.2) is 33.7 Å². The Morgan fingerprint density at radius 2 is 1.65 bits per heavy atom. The molecule has 2 aliphatic heterocycles. The molecule has 140 valence electrons. The summed E-state index contributed by atoms with van der Waals surface area (Å²) in [5.41, 5.74) is 1.16. The number of hydrogen-bond donors (Lipinski definition) is 0. The Kier molecular flexibility index (Phi) is 5.51. The highest BCUT2D eigenvalue weighted by Crippen LogP contribution is 2.52. The molecule has 0 aromatic heterocycles. The Morgan fingerprint density at radius 1 is 1.00 bits per heavy atom. The van der Waals surface area contributed by atoms with Crippen LogP contribution in [0.15, 0.2) is 35.4 Å². The first-order chi connectivity index (χ1) is 12.7. The van der Waals surface area contributed by atoms with Crippen molar-refractivity contribution < 1.29 is 4.79 Å². The highest BCUT2D eigenvalue weighted by molar-refractivity contribution is 8.05. The van der Waals surface area contributed by atoms with Gasteiger partial charge in [0.25, 0.3) is 5.91 Å². The van der Waals surface area contributed by atoms with Gasteiger partial charge in [0, 0.05) is 30.9 Å². The van der Waals surface area contributed by atoms with Gasteiger partial charge in [0.15, 0.2) is 0 Å². The molecule has 2 saturated heterocycles. The van der Waals surface area contributed by atoms with Gasteiger partial charge in [-0.25, -0.2) is 0 Å². The van der Waals surface area contributed by atoms with E-state index in [1.54, 1.807) is 0 Å². The maximum Gasteiger partial charge on any atom is 0.263 e. The maximum atomic E-state index is 13.3. The van der Waals surface area contributed by atoms with Crippen molar-refractivity contribution in [2.24, 2.45) is 0 Å². The number of rotatable bonds is 3. The molecule has 3 fully saturated rings. The van der Waals surface area contributed by atoms with Crippen LogP contribution in [0.2, 0.25) is 5.02 Å². The van der Waals surface area contributed by atoms with Gasteiger partial charge in [0.2, 0.25) is 0 Å². The number of piperidine rings is 1. The molecule has 2 heterocycles. The van der Waals surface area contributed by atoms with E-state index in [1.165, 1.54) is 38.5 Å². The smallest absolute Gasteiger partial charge is 0.263 e. The molecule has 0 radical (unpaired) electrons. The molecule has 0 bridgehead atoms. The summed E-state index contributed by atoms with van der Waals surface area (Å²) < 4.78 is 0. The fourth-order valence-corrected chi connectivity index (χ4v) is 6.07. The molecule has 1 amide bonds. The van der Waals surface area contributed by atoms with Gasteiger partial charge in [-0.15, -0.1) is 0 Å². The van der Waals surface area contributed by atoms with Crippen LogP contribution in [0.4, 0.5) is 0 Å². The quantitative estimate of drug-likeness (QED) is 0.645. The van der Waals surface area contributed by atoms with Crippen LogP contribution in [0, 0.1) is 0 Å². The van der Waals surface area contributed by atoms with Gasteiger partial charge in [-0.3, -0.25) is 4.79 Å². The number of halogens is 1. The Hall–Kier alpha value is -1.13. The number of nitrogens with zero attached hydrogens (tertiary/aromatic N) is 2. The van der Waals surface area contributed by atoms with Gasteiger partial charge >= 0.3 is 0 Å². The second kappa shape index (κ2) is 7.85. The van der Waals surface area contributed by atoms with Crippen molar-refractivity contribution in [3.05, 3.63) is 46.0 Å². The molecule has 5 heteroatoms. The standard InChI is InChI=1S/C21H27ClN2OS/c22-18-9-7-17(8-10-18)15-24-20(25)19(16-23-13-5-2-6-14-23)26-21(24)11-3-1-4-12-21/h7-10,16H,1-6,11-15H2/b19-16-. The maximum absolute atomic E-state index is 13.3. The molecule has 0 N–H and O–H groups in total. The van der Waals surface area contributed by atoms with Gasteiger partial charge in [-0.1, -0.05) is 54.8 Å². The van der Waals surface area contributed by atoms with E-state index in [4.69, 9.17) is 11.6 Å². The topological polar surface area (TPSA) is 23.6 Å². The molecule has 0 unspecified atom stereocenters. The van der Waals surface area contributed by atoms with Gasteiger partial charge in [0.1, 0.15) is 0 Å². The van der Waals surface area contributed by atoms with Crippen molar-refractivity contribution in [1.82, 2.24) is 9.80 Å². The van der Waals surface area contributed by atoms with Crippen LogP contribution in [0.1, 0.15) is 56.9 Å². The van der Waals surface area contributed by atoms with Gasteiger partial charge in [-0.05, 0) is 49.8 Å². The lowest BCUT2D eigenvalue weighted by atomic mass is 9.93. The van der Waals surface area contributed by atoms with Crippen molar-refractivity contribution in [3.8, 4) is 0 Å². The van der Waals surface area contributed by atoms with Gasteiger partial charge in [0.05, 0.1) is 9.78 Å². The fraction of sp³-hybridized carbons (Fsp3) is 0.571. The number of carbonyl (C=O) groups excluding carboxylic acids is 1. The Labute approximate surface area is 165 Å². The molecule has 4 rings (SSSR count). The Balaban J connectivity index is 1.59. The third-order valence-corrected chi connectivity index (χ3v) is 7.59. The minimum atomic E-state index is -0.0451. The lowest BCUT2D eigenvalue weighted by Crippen LogP contribution is -2.45. The lowest BCUT2D eigenvalue weighted by Gasteiger charge is -2.40. The predicted molar refractivity (Wildman–Crippen MR) is 109 cm³/mol. The summed E-state index contributed by atoms with van der Waals surface area (Å²) in [7, 11) is 0. The predicted octanol–water partition coefficient (Wildman–Crippen LogP) is 5.40. The second-order valence-electron chi connectivity index (χ2n) is 7.72.